The van der Waals surface area contributed by atoms with Crippen molar-refractivity contribution < 1.29 is 4.79 Å². The van der Waals surface area contributed by atoms with Crippen molar-refractivity contribution in [2.24, 2.45) is 0 Å². The van der Waals surface area contributed by atoms with Crippen molar-refractivity contribution in [1.82, 2.24) is 10.2 Å². The van der Waals surface area contributed by atoms with Crippen LogP contribution < -0.4 is 11.1 Å². The van der Waals surface area contributed by atoms with E-state index in [1.54, 1.807) is 0 Å². The zero-order valence-corrected chi connectivity index (χ0v) is 9.78. The first-order valence-electron chi connectivity index (χ1n) is 6.13. The minimum atomic E-state index is 0.139. The molecule has 0 bridgehead atoms. The molecule has 3 rings (SSSR count). The van der Waals surface area contributed by atoms with E-state index >= 15 is 0 Å². The molecule has 0 radical (unpaired) electrons. The molecule has 1 fully saturated rings. The van der Waals surface area contributed by atoms with Crippen LogP contribution in [0.2, 0.25) is 0 Å². The molecule has 1 aliphatic heterocycles. The Morgan fingerprint density at radius 1 is 1.41 bits per heavy atom. The van der Waals surface area contributed by atoms with Gasteiger partial charge in [-0.15, -0.1) is 0 Å². The van der Waals surface area contributed by atoms with Crippen molar-refractivity contribution in [2.45, 2.75) is 18.9 Å². The SMILES string of the molecule is Nc1ccc2c(c1)CCC2N1CCNC(=O)C1. The van der Waals surface area contributed by atoms with Gasteiger partial charge in [-0.05, 0) is 36.1 Å². The second kappa shape index (κ2) is 4.04. The molecule has 1 aromatic rings. The number of nitrogen functional groups attached to an aromatic ring is 1. The highest BCUT2D eigenvalue weighted by Crippen LogP contribution is 2.36. The average Bonchev–Trinajstić information content (AvgIpc) is 2.71. The summed E-state index contributed by atoms with van der Waals surface area (Å²) in [5.74, 6) is 0.139. The number of hydrogen-bond donors (Lipinski definition) is 2. The molecule has 4 nitrogen and oxygen atoms in total. The first-order valence-corrected chi connectivity index (χ1v) is 6.13. The van der Waals surface area contributed by atoms with Crippen LogP contribution in [0.3, 0.4) is 0 Å². The van der Waals surface area contributed by atoms with Crippen molar-refractivity contribution in [1.29, 1.82) is 0 Å². The second-order valence-corrected chi connectivity index (χ2v) is 4.83. The maximum Gasteiger partial charge on any atom is 0.234 e. The van der Waals surface area contributed by atoms with Gasteiger partial charge in [0.05, 0.1) is 6.54 Å². The third-order valence-electron chi connectivity index (χ3n) is 3.72. The van der Waals surface area contributed by atoms with E-state index in [1.807, 2.05) is 6.07 Å². The number of rotatable bonds is 1. The fourth-order valence-electron chi connectivity index (χ4n) is 2.92. The molecule has 1 aromatic carbocycles. The Labute approximate surface area is 101 Å². The van der Waals surface area contributed by atoms with Gasteiger partial charge < -0.3 is 11.1 Å². The number of amides is 1. The number of nitrogens with two attached hydrogens (primary N) is 1. The second-order valence-electron chi connectivity index (χ2n) is 4.83. The number of aryl methyl sites for hydroxylation is 1. The third kappa shape index (κ3) is 1.89. The molecule has 1 saturated heterocycles. The molecule has 90 valence electrons. The van der Waals surface area contributed by atoms with Crippen LogP contribution in [0.15, 0.2) is 18.2 Å². The van der Waals surface area contributed by atoms with Crippen LogP contribution in [0.5, 0.6) is 0 Å². The zero-order chi connectivity index (χ0) is 11.8. The molecule has 0 aromatic heterocycles. The van der Waals surface area contributed by atoms with Gasteiger partial charge in [-0.3, -0.25) is 9.69 Å². The van der Waals surface area contributed by atoms with Gasteiger partial charge >= 0.3 is 0 Å². The lowest BCUT2D eigenvalue weighted by atomic mass is 10.1. The number of carbonyl (C=O) groups is 1. The van der Waals surface area contributed by atoms with Crippen molar-refractivity contribution >= 4 is 11.6 Å². The van der Waals surface area contributed by atoms with Crippen LogP contribution in [-0.4, -0.2) is 30.4 Å². The molecule has 1 aliphatic carbocycles. The molecule has 1 unspecified atom stereocenters. The summed E-state index contributed by atoms with van der Waals surface area (Å²) < 4.78 is 0. The van der Waals surface area contributed by atoms with E-state index < -0.39 is 0 Å². The number of nitrogens with one attached hydrogen (secondary N) is 1. The minimum Gasteiger partial charge on any atom is -0.399 e. The van der Waals surface area contributed by atoms with E-state index in [4.69, 9.17) is 5.73 Å². The normalized spacial score (nSPS) is 24.5. The Balaban J connectivity index is 1.85. The molecule has 0 saturated carbocycles. The number of nitrogens with zero attached hydrogens (tertiary/aromatic N) is 1. The standard InChI is InChI=1S/C13H17N3O/c14-10-2-3-11-9(7-10)1-4-12(11)16-6-5-15-13(17)8-16/h2-3,7,12H,1,4-6,8,14H2,(H,15,17). The fraction of sp³-hybridized carbons (Fsp3) is 0.462. The highest BCUT2D eigenvalue weighted by atomic mass is 16.2. The Kier molecular flexibility index (Phi) is 2.52. The van der Waals surface area contributed by atoms with Crippen molar-refractivity contribution in [3.63, 3.8) is 0 Å². The average molecular weight is 231 g/mol. The summed E-state index contributed by atoms with van der Waals surface area (Å²) in [6.07, 6.45) is 2.18. The Bertz CT molecular complexity index is 458. The van der Waals surface area contributed by atoms with E-state index in [2.05, 4.69) is 22.3 Å². The zero-order valence-electron chi connectivity index (χ0n) is 9.78. The third-order valence-corrected chi connectivity index (χ3v) is 3.72. The van der Waals surface area contributed by atoms with Crippen LogP contribution in [0.25, 0.3) is 0 Å². The predicted octanol–water partition coefficient (Wildman–Crippen LogP) is 0.688. The topological polar surface area (TPSA) is 58.4 Å². The summed E-state index contributed by atoms with van der Waals surface area (Å²) in [7, 11) is 0. The number of benzene rings is 1. The molecule has 2 aliphatic rings. The van der Waals surface area contributed by atoms with Crippen molar-refractivity contribution in [3.05, 3.63) is 29.3 Å². The monoisotopic (exact) mass is 231 g/mol. The molecule has 17 heavy (non-hydrogen) atoms. The minimum absolute atomic E-state index is 0.139. The van der Waals surface area contributed by atoms with Gasteiger partial charge in [0.1, 0.15) is 0 Å². The van der Waals surface area contributed by atoms with Gasteiger partial charge in [0, 0.05) is 24.8 Å². The molecular formula is C13H17N3O. The summed E-state index contributed by atoms with van der Waals surface area (Å²) in [5.41, 5.74) is 9.34. The van der Waals surface area contributed by atoms with Gasteiger partial charge in [0.2, 0.25) is 5.91 Å². The number of carbonyl (C=O) groups excluding carboxylic acids is 1. The summed E-state index contributed by atoms with van der Waals surface area (Å²) in [5, 5.41) is 2.87. The molecule has 0 spiro atoms. The van der Waals surface area contributed by atoms with Crippen LogP contribution in [-0.2, 0) is 11.2 Å². The van der Waals surface area contributed by atoms with Crippen LogP contribution in [0, 0.1) is 0 Å². The highest BCUT2D eigenvalue weighted by Gasteiger charge is 2.30. The Morgan fingerprint density at radius 3 is 3.12 bits per heavy atom. The summed E-state index contributed by atoms with van der Waals surface area (Å²) in [6.45, 7) is 2.23. The van der Waals surface area contributed by atoms with Gasteiger partial charge in [-0.25, -0.2) is 0 Å². The smallest absolute Gasteiger partial charge is 0.234 e. The van der Waals surface area contributed by atoms with Crippen LogP contribution >= 0.6 is 0 Å². The fourth-order valence-corrected chi connectivity index (χ4v) is 2.92. The number of hydrogen-bond acceptors (Lipinski definition) is 3. The Morgan fingerprint density at radius 2 is 2.29 bits per heavy atom. The molecule has 4 heteroatoms. The predicted molar refractivity (Wildman–Crippen MR) is 66.5 cm³/mol. The summed E-state index contributed by atoms with van der Waals surface area (Å²) in [6, 6.07) is 6.55. The quantitative estimate of drug-likeness (QED) is 0.699. The maximum atomic E-state index is 11.4. The lowest BCUT2D eigenvalue weighted by Gasteiger charge is -2.32. The van der Waals surface area contributed by atoms with E-state index in [1.165, 1.54) is 11.1 Å². The van der Waals surface area contributed by atoms with Crippen LogP contribution in [0.1, 0.15) is 23.6 Å². The molecule has 1 amide bonds. The molecule has 1 atom stereocenters. The Hall–Kier alpha value is -1.55. The van der Waals surface area contributed by atoms with Crippen molar-refractivity contribution in [3.8, 4) is 0 Å². The number of anilines is 1. The maximum absolute atomic E-state index is 11.4. The van der Waals surface area contributed by atoms with Gasteiger partial charge in [-0.2, -0.15) is 0 Å². The van der Waals surface area contributed by atoms with Gasteiger partial charge in [0.25, 0.3) is 0 Å². The largest absolute Gasteiger partial charge is 0.399 e. The van der Waals surface area contributed by atoms with E-state index in [0.29, 0.717) is 12.6 Å². The molecule has 3 N–H and O–H groups in total. The number of piperazine rings is 1. The lowest BCUT2D eigenvalue weighted by molar-refractivity contribution is -0.124. The van der Waals surface area contributed by atoms with Gasteiger partial charge in [-0.1, -0.05) is 6.07 Å². The van der Waals surface area contributed by atoms with E-state index in [-0.39, 0.29) is 5.91 Å². The number of fused-ring (bicyclic) bond motifs is 1. The summed E-state index contributed by atoms with van der Waals surface area (Å²) in [4.78, 5) is 13.7. The van der Waals surface area contributed by atoms with Crippen LogP contribution in [0.4, 0.5) is 5.69 Å². The van der Waals surface area contributed by atoms with E-state index in [0.717, 1.165) is 31.6 Å². The van der Waals surface area contributed by atoms with E-state index in [9.17, 15) is 4.79 Å². The van der Waals surface area contributed by atoms with Crippen molar-refractivity contribution in [2.75, 3.05) is 25.4 Å². The lowest BCUT2D eigenvalue weighted by Crippen LogP contribution is -2.48. The summed E-state index contributed by atoms with van der Waals surface area (Å²) >= 11 is 0. The first-order chi connectivity index (χ1) is 8.24. The molecular weight excluding hydrogens is 214 g/mol. The first kappa shape index (κ1) is 10.6. The van der Waals surface area contributed by atoms with Gasteiger partial charge in [0.15, 0.2) is 0 Å². The highest BCUT2D eigenvalue weighted by molar-refractivity contribution is 5.78. The molecule has 1 heterocycles.